The molecule has 0 spiro atoms. The Kier molecular flexibility index (Phi) is 9.26. The van der Waals surface area contributed by atoms with Gasteiger partial charge in [-0.1, -0.05) is 31.2 Å². The molecule has 22 heavy (non-hydrogen) atoms. The largest absolute Gasteiger partial charge is 0.380 e. The van der Waals surface area contributed by atoms with Crippen LogP contribution in [-0.4, -0.2) is 51.3 Å². The van der Waals surface area contributed by atoms with Gasteiger partial charge in [0.05, 0.1) is 6.61 Å². The average molecular weight is 306 g/mol. The SMILES string of the molecule is CCOCCNC(=NC)NCc1cccc(CN(C)CC)c1. The summed E-state index contributed by atoms with van der Waals surface area (Å²) in [7, 11) is 3.91. The summed E-state index contributed by atoms with van der Waals surface area (Å²) in [5.41, 5.74) is 2.60. The molecule has 0 amide bonds. The minimum Gasteiger partial charge on any atom is -0.380 e. The first-order valence-corrected chi connectivity index (χ1v) is 7.98. The maximum absolute atomic E-state index is 5.30. The number of nitrogens with one attached hydrogen (secondary N) is 2. The van der Waals surface area contributed by atoms with E-state index in [2.05, 4.69) is 58.8 Å². The van der Waals surface area contributed by atoms with Crippen LogP contribution in [0.3, 0.4) is 0 Å². The summed E-state index contributed by atoms with van der Waals surface area (Å²) in [6, 6.07) is 8.66. The third-order valence-corrected chi connectivity index (χ3v) is 3.41. The minimum atomic E-state index is 0.691. The van der Waals surface area contributed by atoms with E-state index in [0.29, 0.717) is 6.61 Å². The zero-order valence-electron chi connectivity index (χ0n) is 14.4. The Morgan fingerprint density at radius 1 is 1.23 bits per heavy atom. The highest BCUT2D eigenvalue weighted by Crippen LogP contribution is 2.07. The predicted octanol–water partition coefficient (Wildman–Crippen LogP) is 1.84. The topological polar surface area (TPSA) is 48.9 Å². The van der Waals surface area contributed by atoms with E-state index in [4.69, 9.17) is 4.74 Å². The maximum atomic E-state index is 5.30. The van der Waals surface area contributed by atoms with E-state index in [9.17, 15) is 0 Å². The number of ether oxygens (including phenoxy) is 1. The fourth-order valence-electron chi connectivity index (χ4n) is 2.05. The van der Waals surface area contributed by atoms with E-state index in [1.54, 1.807) is 7.05 Å². The van der Waals surface area contributed by atoms with Gasteiger partial charge in [-0.2, -0.15) is 0 Å². The smallest absolute Gasteiger partial charge is 0.191 e. The monoisotopic (exact) mass is 306 g/mol. The Hall–Kier alpha value is -1.59. The summed E-state index contributed by atoms with van der Waals surface area (Å²) in [6.45, 7) is 9.15. The number of guanidine groups is 1. The Bertz CT molecular complexity index is 448. The molecule has 0 fully saturated rings. The van der Waals surface area contributed by atoms with Crippen molar-refractivity contribution in [2.75, 3.05) is 40.4 Å². The molecule has 1 aromatic carbocycles. The fraction of sp³-hybridized carbons (Fsp3) is 0.588. The van der Waals surface area contributed by atoms with E-state index < -0.39 is 0 Å². The summed E-state index contributed by atoms with van der Waals surface area (Å²) in [4.78, 5) is 6.51. The van der Waals surface area contributed by atoms with E-state index in [0.717, 1.165) is 38.7 Å². The van der Waals surface area contributed by atoms with Gasteiger partial charge in [0, 0.05) is 33.3 Å². The Balaban J connectivity index is 2.43. The number of hydrogen-bond acceptors (Lipinski definition) is 3. The lowest BCUT2D eigenvalue weighted by atomic mass is 10.1. The summed E-state index contributed by atoms with van der Waals surface area (Å²) < 4.78 is 5.30. The molecule has 0 aromatic heterocycles. The molecule has 1 rings (SSSR count). The van der Waals surface area contributed by atoms with E-state index >= 15 is 0 Å². The number of benzene rings is 1. The highest BCUT2D eigenvalue weighted by Gasteiger charge is 2.01. The maximum Gasteiger partial charge on any atom is 0.191 e. The number of aliphatic imine (C=N–C) groups is 1. The molecule has 0 unspecified atom stereocenters. The summed E-state index contributed by atoms with van der Waals surface area (Å²) in [6.07, 6.45) is 0. The second-order valence-corrected chi connectivity index (χ2v) is 5.20. The zero-order valence-corrected chi connectivity index (χ0v) is 14.4. The van der Waals surface area contributed by atoms with Crippen molar-refractivity contribution in [1.82, 2.24) is 15.5 Å². The van der Waals surface area contributed by atoms with Gasteiger partial charge in [-0.3, -0.25) is 4.99 Å². The van der Waals surface area contributed by atoms with Crippen LogP contribution in [0, 0.1) is 0 Å². The van der Waals surface area contributed by atoms with Gasteiger partial charge in [-0.25, -0.2) is 0 Å². The van der Waals surface area contributed by atoms with Crippen LogP contribution in [0.15, 0.2) is 29.3 Å². The third kappa shape index (κ3) is 7.43. The highest BCUT2D eigenvalue weighted by atomic mass is 16.5. The summed E-state index contributed by atoms with van der Waals surface area (Å²) in [5.74, 6) is 0.802. The van der Waals surface area contributed by atoms with Crippen LogP contribution >= 0.6 is 0 Å². The number of rotatable bonds is 9. The van der Waals surface area contributed by atoms with Gasteiger partial charge in [0.2, 0.25) is 0 Å². The molecule has 0 aliphatic heterocycles. The molecule has 0 saturated heterocycles. The van der Waals surface area contributed by atoms with Crippen LogP contribution in [0.25, 0.3) is 0 Å². The minimum absolute atomic E-state index is 0.691. The molecule has 0 radical (unpaired) electrons. The Morgan fingerprint density at radius 2 is 2.00 bits per heavy atom. The predicted molar refractivity (Wildman–Crippen MR) is 93.1 cm³/mol. The van der Waals surface area contributed by atoms with Crippen LogP contribution < -0.4 is 10.6 Å². The van der Waals surface area contributed by atoms with Crippen molar-refractivity contribution in [3.8, 4) is 0 Å². The molecule has 0 aliphatic carbocycles. The summed E-state index contributed by atoms with van der Waals surface area (Å²) in [5, 5.41) is 6.56. The molecular weight excluding hydrogens is 276 g/mol. The lowest BCUT2D eigenvalue weighted by Gasteiger charge is -2.15. The van der Waals surface area contributed by atoms with E-state index in [1.165, 1.54) is 11.1 Å². The Labute approximate surface area is 134 Å². The van der Waals surface area contributed by atoms with Gasteiger partial charge in [0.25, 0.3) is 0 Å². The van der Waals surface area contributed by atoms with Gasteiger partial charge < -0.3 is 20.3 Å². The molecule has 5 heteroatoms. The molecule has 0 heterocycles. The molecular formula is C17H30N4O. The number of nitrogens with zero attached hydrogens (tertiary/aromatic N) is 2. The molecule has 5 nitrogen and oxygen atoms in total. The van der Waals surface area contributed by atoms with E-state index in [1.807, 2.05) is 6.92 Å². The normalized spacial score (nSPS) is 11.8. The van der Waals surface area contributed by atoms with Gasteiger partial charge in [0.15, 0.2) is 5.96 Å². The van der Waals surface area contributed by atoms with Gasteiger partial charge in [-0.15, -0.1) is 0 Å². The second kappa shape index (κ2) is 11.0. The fourth-order valence-corrected chi connectivity index (χ4v) is 2.05. The van der Waals surface area contributed by atoms with Gasteiger partial charge in [0.1, 0.15) is 0 Å². The average Bonchev–Trinajstić information content (AvgIpc) is 2.54. The molecule has 0 saturated carbocycles. The molecule has 0 bridgehead atoms. The molecule has 2 N–H and O–H groups in total. The first kappa shape index (κ1) is 18.5. The van der Waals surface area contributed by atoms with Crippen molar-refractivity contribution in [2.24, 2.45) is 4.99 Å². The standard InChI is InChI=1S/C17H30N4O/c1-5-21(4)14-16-9-7-8-15(12-16)13-20-17(18-3)19-10-11-22-6-2/h7-9,12H,5-6,10-11,13-14H2,1-4H3,(H2,18,19,20). The lowest BCUT2D eigenvalue weighted by molar-refractivity contribution is 0.152. The van der Waals surface area contributed by atoms with Crippen molar-refractivity contribution in [3.05, 3.63) is 35.4 Å². The zero-order chi connectivity index (χ0) is 16.2. The van der Waals surface area contributed by atoms with Gasteiger partial charge >= 0.3 is 0 Å². The van der Waals surface area contributed by atoms with Gasteiger partial charge in [-0.05, 0) is 31.6 Å². The van der Waals surface area contributed by atoms with Crippen LogP contribution in [0.1, 0.15) is 25.0 Å². The molecule has 1 aromatic rings. The van der Waals surface area contributed by atoms with Crippen molar-refractivity contribution in [1.29, 1.82) is 0 Å². The lowest BCUT2D eigenvalue weighted by Crippen LogP contribution is -2.38. The highest BCUT2D eigenvalue weighted by molar-refractivity contribution is 5.79. The van der Waals surface area contributed by atoms with Crippen LogP contribution in [0.5, 0.6) is 0 Å². The first-order valence-electron chi connectivity index (χ1n) is 7.98. The van der Waals surface area contributed by atoms with Crippen LogP contribution in [0.2, 0.25) is 0 Å². The first-order chi connectivity index (χ1) is 10.7. The summed E-state index contributed by atoms with van der Waals surface area (Å²) >= 11 is 0. The Morgan fingerprint density at radius 3 is 2.68 bits per heavy atom. The van der Waals surface area contributed by atoms with Crippen molar-refractivity contribution in [2.45, 2.75) is 26.9 Å². The quantitative estimate of drug-likeness (QED) is 0.415. The molecule has 124 valence electrons. The van der Waals surface area contributed by atoms with Crippen molar-refractivity contribution < 1.29 is 4.74 Å². The van der Waals surface area contributed by atoms with Crippen molar-refractivity contribution >= 4 is 5.96 Å². The van der Waals surface area contributed by atoms with E-state index in [-0.39, 0.29) is 0 Å². The number of hydrogen-bond donors (Lipinski definition) is 2. The van der Waals surface area contributed by atoms with Crippen molar-refractivity contribution in [3.63, 3.8) is 0 Å². The second-order valence-electron chi connectivity index (χ2n) is 5.20. The van der Waals surface area contributed by atoms with Crippen LogP contribution in [-0.2, 0) is 17.8 Å². The van der Waals surface area contributed by atoms with Crippen LogP contribution in [0.4, 0.5) is 0 Å². The molecule has 0 atom stereocenters. The third-order valence-electron chi connectivity index (χ3n) is 3.41. The molecule has 0 aliphatic rings.